The van der Waals surface area contributed by atoms with Crippen LogP contribution >= 0.6 is 35.0 Å². The lowest BCUT2D eigenvalue weighted by molar-refractivity contribution is 0.170. The van der Waals surface area contributed by atoms with Gasteiger partial charge in [-0.15, -0.1) is 0 Å². The number of rotatable bonds is 3. The zero-order valence-electron chi connectivity index (χ0n) is 8.83. The van der Waals surface area contributed by atoms with Gasteiger partial charge in [0.2, 0.25) is 0 Å². The molecule has 1 aliphatic rings. The molecular weight excluding hydrogens is 263 g/mol. The van der Waals surface area contributed by atoms with E-state index in [0.29, 0.717) is 21.7 Å². The summed E-state index contributed by atoms with van der Waals surface area (Å²) >= 11 is 13.9. The van der Waals surface area contributed by atoms with Crippen molar-refractivity contribution in [2.45, 2.75) is 30.6 Å². The number of halogens is 2. The molecule has 0 amide bonds. The molecule has 2 rings (SSSR count). The SMILES string of the molecule is OC(Cc1cccc(Cl)c1Cl)C1CCCS1. The van der Waals surface area contributed by atoms with Crippen molar-refractivity contribution in [3.8, 4) is 0 Å². The van der Waals surface area contributed by atoms with Gasteiger partial charge in [0, 0.05) is 11.7 Å². The van der Waals surface area contributed by atoms with E-state index in [1.54, 1.807) is 6.07 Å². The molecule has 2 atom stereocenters. The van der Waals surface area contributed by atoms with Gasteiger partial charge in [-0.2, -0.15) is 11.8 Å². The van der Waals surface area contributed by atoms with Crippen LogP contribution < -0.4 is 0 Å². The Kier molecular flexibility index (Phi) is 4.42. The van der Waals surface area contributed by atoms with Gasteiger partial charge in [-0.3, -0.25) is 0 Å². The summed E-state index contributed by atoms with van der Waals surface area (Å²) in [4.78, 5) is 0. The van der Waals surface area contributed by atoms with Gasteiger partial charge < -0.3 is 5.11 Å². The van der Waals surface area contributed by atoms with Gasteiger partial charge in [-0.25, -0.2) is 0 Å². The molecule has 2 unspecified atom stereocenters. The van der Waals surface area contributed by atoms with Crippen LogP contribution in [0.4, 0.5) is 0 Å². The van der Waals surface area contributed by atoms with Crippen LogP contribution in [0.5, 0.6) is 0 Å². The molecule has 1 aromatic carbocycles. The second-order valence-electron chi connectivity index (χ2n) is 4.04. The lowest BCUT2D eigenvalue weighted by Gasteiger charge is -2.17. The van der Waals surface area contributed by atoms with Crippen molar-refractivity contribution in [3.05, 3.63) is 33.8 Å². The van der Waals surface area contributed by atoms with E-state index >= 15 is 0 Å². The topological polar surface area (TPSA) is 20.2 Å². The van der Waals surface area contributed by atoms with E-state index in [1.165, 1.54) is 6.42 Å². The van der Waals surface area contributed by atoms with Gasteiger partial charge >= 0.3 is 0 Å². The van der Waals surface area contributed by atoms with Gasteiger partial charge in [0.25, 0.3) is 0 Å². The predicted molar refractivity (Wildman–Crippen MR) is 71.7 cm³/mol. The van der Waals surface area contributed by atoms with Crippen molar-refractivity contribution < 1.29 is 5.11 Å². The fourth-order valence-electron chi connectivity index (χ4n) is 1.97. The Balaban J connectivity index is 2.05. The normalized spacial score (nSPS) is 22.3. The zero-order valence-corrected chi connectivity index (χ0v) is 11.2. The third-order valence-corrected chi connectivity index (χ3v) is 5.22. The minimum Gasteiger partial charge on any atom is -0.392 e. The molecule has 0 spiro atoms. The number of aliphatic hydroxyl groups is 1. The molecule has 0 bridgehead atoms. The van der Waals surface area contributed by atoms with Crippen molar-refractivity contribution in [1.82, 2.24) is 0 Å². The van der Waals surface area contributed by atoms with Crippen LogP contribution in [0.1, 0.15) is 18.4 Å². The van der Waals surface area contributed by atoms with Crippen molar-refractivity contribution in [2.75, 3.05) is 5.75 Å². The molecule has 0 aliphatic carbocycles. The van der Waals surface area contributed by atoms with E-state index in [-0.39, 0.29) is 6.10 Å². The van der Waals surface area contributed by atoms with Gasteiger partial charge in [0.1, 0.15) is 0 Å². The highest BCUT2D eigenvalue weighted by Crippen LogP contribution is 2.32. The van der Waals surface area contributed by atoms with E-state index in [4.69, 9.17) is 23.2 Å². The first-order chi connectivity index (χ1) is 7.68. The van der Waals surface area contributed by atoms with E-state index in [0.717, 1.165) is 17.7 Å². The van der Waals surface area contributed by atoms with Crippen LogP contribution in [-0.2, 0) is 6.42 Å². The Morgan fingerprint density at radius 1 is 1.44 bits per heavy atom. The second kappa shape index (κ2) is 5.63. The lowest BCUT2D eigenvalue weighted by Crippen LogP contribution is -2.23. The first kappa shape index (κ1) is 12.6. The summed E-state index contributed by atoms with van der Waals surface area (Å²) in [5.74, 6) is 1.16. The fraction of sp³-hybridized carbons (Fsp3) is 0.500. The van der Waals surface area contributed by atoms with Gasteiger partial charge in [-0.1, -0.05) is 35.3 Å². The standard InChI is InChI=1S/C12H14Cl2OS/c13-9-4-1-3-8(12(9)14)7-10(15)11-5-2-6-16-11/h1,3-4,10-11,15H,2,5-7H2. The Labute approximate surface area is 110 Å². The van der Waals surface area contributed by atoms with Crippen LogP contribution in [0.2, 0.25) is 10.0 Å². The molecule has 1 heterocycles. The Bertz CT molecular complexity index is 364. The molecule has 16 heavy (non-hydrogen) atoms. The van der Waals surface area contributed by atoms with Gasteiger partial charge in [0.05, 0.1) is 16.1 Å². The minimum absolute atomic E-state index is 0.316. The molecule has 1 fully saturated rings. The molecule has 88 valence electrons. The zero-order chi connectivity index (χ0) is 11.5. The first-order valence-corrected chi connectivity index (χ1v) is 7.21. The number of hydrogen-bond acceptors (Lipinski definition) is 2. The Hall–Kier alpha value is 0.110. The number of thioether (sulfide) groups is 1. The van der Waals surface area contributed by atoms with E-state index < -0.39 is 0 Å². The molecular formula is C12H14Cl2OS. The second-order valence-corrected chi connectivity index (χ2v) is 6.17. The average molecular weight is 277 g/mol. The van der Waals surface area contributed by atoms with E-state index in [2.05, 4.69) is 0 Å². The molecule has 1 saturated heterocycles. The molecule has 1 nitrogen and oxygen atoms in total. The van der Waals surface area contributed by atoms with Crippen molar-refractivity contribution >= 4 is 35.0 Å². The predicted octanol–water partition coefficient (Wildman–Crippen LogP) is 3.79. The third kappa shape index (κ3) is 2.86. The van der Waals surface area contributed by atoms with E-state index in [9.17, 15) is 5.11 Å². The minimum atomic E-state index is -0.316. The fourth-order valence-corrected chi connectivity index (χ4v) is 3.65. The van der Waals surface area contributed by atoms with Gasteiger partial charge in [0.15, 0.2) is 0 Å². The highest BCUT2D eigenvalue weighted by atomic mass is 35.5. The molecule has 4 heteroatoms. The maximum Gasteiger partial charge on any atom is 0.0699 e. The molecule has 1 aromatic rings. The molecule has 0 saturated carbocycles. The Morgan fingerprint density at radius 3 is 2.94 bits per heavy atom. The molecule has 0 aromatic heterocycles. The summed E-state index contributed by atoms with van der Waals surface area (Å²) in [6.45, 7) is 0. The summed E-state index contributed by atoms with van der Waals surface area (Å²) in [7, 11) is 0. The van der Waals surface area contributed by atoms with Crippen LogP contribution in [0.15, 0.2) is 18.2 Å². The third-order valence-electron chi connectivity index (χ3n) is 2.85. The van der Waals surface area contributed by atoms with Crippen molar-refractivity contribution in [2.24, 2.45) is 0 Å². The van der Waals surface area contributed by atoms with E-state index in [1.807, 2.05) is 23.9 Å². The summed E-state index contributed by atoms with van der Waals surface area (Å²) in [5, 5.41) is 11.6. The molecule has 0 radical (unpaired) electrons. The maximum absolute atomic E-state index is 10.1. The Morgan fingerprint density at radius 2 is 2.25 bits per heavy atom. The van der Waals surface area contributed by atoms with Crippen LogP contribution in [0.25, 0.3) is 0 Å². The summed E-state index contributed by atoms with van der Waals surface area (Å²) in [6, 6.07) is 5.57. The lowest BCUT2D eigenvalue weighted by atomic mass is 10.0. The largest absolute Gasteiger partial charge is 0.392 e. The highest BCUT2D eigenvalue weighted by Gasteiger charge is 2.24. The summed E-state index contributed by atoms with van der Waals surface area (Å²) in [5.41, 5.74) is 0.939. The first-order valence-electron chi connectivity index (χ1n) is 5.41. The highest BCUT2D eigenvalue weighted by molar-refractivity contribution is 8.00. The van der Waals surface area contributed by atoms with Gasteiger partial charge in [-0.05, 0) is 30.2 Å². The monoisotopic (exact) mass is 276 g/mol. The quantitative estimate of drug-likeness (QED) is 0.907. The summed E-state index contributed by atoms with van der Waals surface area (Å²) < 4.78 is 0. The number of hydrogen-bond donors (Lipinski definition) is 1. The molecule has 1 N–H and O–H groups in total. The van der Waals surface area contributed by atoms with Crippen molar-refractivity contribution in [1.29, 1.82) is 0 Å². The van der Waals surface area contributed by atoms with Crippen molar-refractivity contribution in [3.63, 3.8) is 0 Å². The number of benzene rings is 1. The number of aliphatic hydroxyl groups excluding tert-OH is 1. The molecule has 1 aliphatic heterocycles. The maximum atomic E-state index is 10.1. The summed E-state index contributed by atoms with van der Waals surface area (Å²) in [6.07, 6.45) is 2.58. The van der Waals surface area contributed by atoms with Crippen LogP contribution in [0, 0.1) is 0 Å². The average Bonchev–Trinajstić information content (AvgIpc) is 2.78. The van der Waals surface area contributed by atoms with Crippen LogP contribution in [-0.4, -0.2) is 22.2 Å². The van der Waals surface area contributed by atoms with Crippen LogP contribution in [0.3, 0.4) is 0 Å². The smallest absolute Gasteiger partial charge is 0.0699 e.